The summed E-state index contributed by atoms with van der Waals surface area (Å²) in [7, 11) is 0. The molecule has 0 atom stereocenters. The average Bonchev–Trinajstić information content (AvgIpc) is 2.56. The monoisotopic (exact) mass is 316 g/mol. The molecule has 1 aliphatic rings. The lowest BCUT2D eigenvalue weighted by Gasteiger charge is -2.31. The van der Waals surface area contributed by atoms with Gasteiger partial charge in [0.1, 0.15) is 16.9 Å². The highest BCUT2D eigenvalue weighted by atomic mass is 16.5. The lowest BCUT2D eigenvalue weighted by Crippen LogP contribution is -2.50. The Balaban J connectivity index is 1.92. The summed E-state index contributed by atoms with van der Waals surface area (Å²) in [6.07, 6.45) is 4.07. The molecule has 1 aromatic rings. The topological polar surface area (TPSA) is 99.4 Å². The van der Waals surface area contributed by atoms with E-state index in [-0.39, 0.29) is 11.3 Å². The second-order valence-corrected chi connectivity index (χ2v) is 5.85. The minimum absolute atomic E-state index is 0.0189. The SMILES string of the molecule is Cc1cccc(C(=O)OCC(=O)NC2(C#N)CCCCC2)c1O. The molecule has 1 aliphatic carbocycles. The Bertz CT molecular complexity index is 642. The molecule has 23 heavy (non-hydrogen) atoms. The van der Waals surface area contributed by atoms with Crippen LogP contribution in [0.4, 0.5) is 0 Å². The third-order valence-corrected chi connectivity index (χ3v) is 4.09. The highest BCUT2D eigenvalue weighted by molar-refractivity contribution is 5.94. The Morgan fingerprint density at radius 2 is 2.04 bits per heavy atom. The Kier molecular flexibility index (Phi) is 5.22. The smallest absolute Gasteiger partial charge is 0.342 e. The zero-order valence-corrected chi connectivity index (χ0v) is 13.1. The van der Waals surface area contributed by atoms with Gasteiger partial charge in [0.05, 0.1) is 6.07 Å². The fraction of sp³-hybridized carbons (Fsp3) is 0.471. The van der Waals surface area contributed by atoms with E-state index in [0.29, 0.717) is 18.4 Å². The molecule has 1 fully saturated rings. The first kappa shape index (κ1) is 16.8. The van der Waals surface area contributed by atoms with Crippen molar-refractivity contribution in [1.82, 2.24) is 5.32 Å². The van der Waals surface area contributed by atoms with Gasteiger partial charge in [0.25, 0.3) is 5.91 Å². The molecule has 0 radical (unpaired) electrons. The summed E-state index contributed by atoms with van der Waals surface area (Å²) in [4.78, 5) is 23.9. The lowest BCUT2D eigenvalue weighted by molar-refractivity contribution is -0.125. The number of hydrogen-bond acceptors (Lipinski definition) is 5. The number of carbonyl (C=O) groups is 2. The number of phenolic OH excluding ortho intramolecular Hbond substituents is 1. The molecule has 1 amide bonds. The molecule has 1 aromatic carbocycles. The first-order chi connectivity index (χ1) is 11.0. The van der Waals surface area contributed by atoms with E-state index in [1.165, 1.54) is 6.07 Å². The number of esters is 1. The molecular formula is C17H20N2O4. The second kappa shape index (κ2) is 7.14. The molecule has 2 rings (SSSR count). The molecule has 0 aromatic heterocycles. The minimum Gasteiger partial charge on any atom is -0.507 e. The van der Waals surface area contributed by atoms with Gasteiger partial charge < -0.3 is 15.2 Å². The van der Waals surface area contributed by atoms with Gasteiger partial charge in [0.2, 0.25) is 0 Å². The molecule has 1 saturated carbocycles. The number of ether oxygens (including phenoxy) is 1. The van der Waals surface area contributed by atoms with Gasteiger partial charge in [0, 0.05) is 0 Å². The number of nitrogens with zero attached hydrogens (tertiary/aromatic N) is 1. The van der Waals surface area contributed by atoms with Crippen LogP contribution in [-0.4, -0.2) is 29.1 Å². The molecule has 2 N–H and O–H groups in total. The number of aromatic hydroxyl groups is 1. The summed E-state index contributed by atoms with van der Waals surface area (Å²) in [6, 6.07) is 6.89. The van der Waals surface area contributed by atoms with E-state index in [2.05, 4.69) is 11.4 Å². The summed E-state index contributed by atoms with van der Waals surface area (Å²) in [5, 5.41) is 21.8. The van der Waals surface area contributed by atoms with Gasteiger partial charge in [-0.05, 0) is 31.4 Å². The van der Waals surface area contributed by atoms with Crippen molar-refractivity contribution in [3.63, 3.8) is 0 Å². The van der Waals surface area contributed by atoms with E-state index in [4.69, 9.17) is 4.74 Å². The highest BCUT2D eigenvalue weighted by Gasteiger charge is 2.33. The quantitative estimate of drug-likeness (QED) is 0.830. The lowest BCUT2D eigenvalue weighted by atomic mass is 9.83. The number of phenols is 1. The largest absolute Gasteiger partial charge is 0.507 e. The number of carbonyl (C=O) groups excluding carboxylic acids is 2. The van der Waals surface area contributed by atoms with Crippen molar-refractivity contribution in [3.05, 3.63) is 29.3 Å². The number of hydrogen-bond donors (Lipinski definition) is 2. The number of amides is 1. The number of nitriles is 1. The van der Waals surface area contributed by atoms with Gasteiger partial charge in [-0.2, -0.15) is 5.26 Å². The molecule has 0 aliphatic heterocycles. The standard InChI is InChI=1S/C17H20N2O4/c1-12-6-5-7-13(15(12)21)16(22)23-10-14(20)19-17(11-18)8-3-2-4-9-17/h5-7,21H,2-4,8-10H2,1H3,(H,19,20). The molecule has 0 heterocycles. The number of para-hydroxylation sites is 1. The molecule has 0 bridgehead atoms. The maximum absolute atomic E-state index is 12.0. The molecule has 0 unspecified atom stereocenters. The minimum atomic E-state index is -0.854. The predicted octanol–water partition coefficient (Wildman–Crippen LogP) is 2.20. The first-order valence-corrected chi connectivity index (χ1v) is 7.65. The van der Waals surface area contributed by atoms with E-state index in [0.717, 1.165) is 19.3 Å². The summed E-state index contributed by atoms with van der Waals surface area (Å²) < 4.78 is 4.94. The van der Waals surface area contributed by atoms with Crippen molar-refractivity contribution >= 4 is 11.9 Å². The van der Waals surface area contributed by atoms with Crippen LogP contribution in [0.5, 0.6) is 5.75 Å². The molecule has 0 saturated heterocycles. The second-order valence-electron chi connectivity index (χ2n) is 5.85. The van der Waals surface area contributed by atoms with Crippen molar-refractivity contribution in [3.8, 4) is 11.8 Å². The molecule has 0 spiro atoms. The predicted molar refractivity (Wildman–Crippen MR) is 82.7 cm³/mol. The Morgan fingerprint density at radius 1 is 1.35 bits per heavy atom. The van der Waals surface area contributed by atoms with E-state index < -0.39 is 24.0 Å². The molecular weight excluding hydrogens is 296 g/mol. The highest BCUT2D eigenvalue weighted by Crippen LogP contribution is 2.27. The van der Waals surface area contributed by atoms with Gasteiger partial charge in [-0.1, -0.05) is 31.4 Å². The third kappa shape index (κ3) is 4.01. The van der Waals surface area contributed by atoms with Crippen molar-refractivity contribution in [2.45, 2.75) is 44.6 Å². The third-order valence-electron chi connectivity index (χ3n) is 4.09. The number of aryl methyl sites for hydroxylation is 1. The van der Waals surface area contributed by atoms with Crippen LogP contribution in [-0.2, 0) is 9.53 Å². The maximum atomic E-state index is 12.0. The zero-order chi connectivity index (χ0) is 16.9. The number of rotatable bonds is 4. The van der Waals surface area contributed by atoms with Gasteiger partial charge in [-0.3, -0.25) is 4.79 Å². The molecule has 6 nitrogen and oxygen atoms in total. The molecule has 6 heteroatoms. The van der Waals surface area contributed by atoms with Crippen LogP contribution in [0, 0.1) is 18.3 Å². The molecule has 122 valence electrons. The summed E-state index contributed by atoms with van der Waals surface area (Å²) in [5.41, 5.74) is -0.285. The van der Waals surface area contributed by atoms with Crippen molar-refractivity contribution in [1.29, 1.82) is 5.26 Å². The normalized spacial score (nSPS) is 16.2. The maximum Gasteiger partial charge on any atom is 0.342 e. The van der Waals surface area contributed by atoms with E-state index in [1.54, 1.807) is 19.1 Å². The Hall–Kier alpha value is -2.55. The van der Waals surface area contributed by atoms with Crippen LogP contribution in [0.3, 0.4) is 0 Å². The van der Waals surface area contributed by atoms with E-state index in [1.807, 2.05) is 0 Å². The van der Waals surface area contributed by atoms with Crippen LogP contribution in [0.15, 0.2) is 18.2 Å². The van der Waals surface area contributed by atoms with Gasteiger partial charge in [0.15, 0.2) is 6.61 Å². The Morgan fingerprint density at radius 3 is 2.70 bits per heavy atom. The summed E-state index contributed by atoms with van der Waals surface area (Å²) in [5.74, 6) is -1.43. The van der Waals surface area contributed by atoms with Crippen LogP contribution in [0.25, 0.3) is 0 Å². The van der Waals surface area contributed by atoms with Crippen molar-refractivity contribution in [2.24, 2.45) is 0 Å². The summed E-state index contributed by atoms with van der Waals surface area (Å²) in [6.45, 7) is 1.19. The van der Waals surface area contributed by atoms with Crippen LogP contribution in [0.1, 0.15) is 48.0 Å². The zero-order valence-electron chi connectivity index (χ0n) is 13.1. The van der Waals surface area contributed by atoms with E-state index in [9.17, 15) is 20.0 Å². The van der Waals surface area contributed by atoms with Gasteiger partial charge in [-0.15, -0.1) is 0 Å². The average molecular weight is 316 g/mol. The fourth-order valence-electron chi connectivity index (χ4n) is 2.76. The van der Waals surface area contributed by atoms with Crippen LogP contribution < -0.4 is 5.32 Å². The van der Waals surface area contributed by atoms with Crippen LogP contribution >= 0.6 is 0 Å². The van der Waals surface area contributed by atoms with Crippen LogP contribution in [0.2, 0.25) is 0 Å². The summed E-state index contributed by atoms with van der Waals surface area (Å²) >= 11 is 0. The van der Waals surface area contributed by atoms with Crippen molar-refractivity contribution < 1.29 is 19.4 Å². The van der Waals surface area contributed by atoms with Gasteiger partial charge in [-0.25, -0.2) is 4.79 Å². The van der Waals surface area contributed by atoms with Crippen molar-refractivity contribution in [2.75, 3.05) is 6.61 Å². The fourth-order valence-corrected chi connectivity index (χ4v) is 2.76. The number of benzene rings is 1. The first-order valence-electron chi connectivity index (χ1n) is 7.65. The van der Waals surface area contributed by atoms with E-state index >= 15 is 0 Å². The Labute approximate surface area is 135 Å². The van der Waals surface area contributed by atoms with Gasteiger partial charge >= 0.3 is 5.97 Å². The number of nitrogens with one attached hydrogen (secondary N) is 1.